The highest BCUT2D eigenvalue weighted by atomic mass is 35.5. The van der Waals surface area contributed by atoms with Crippen LogP contribution in [0.3, 0.4) is 0 Å². The summed E-state index contributed by atoms with van der Waals surface area (Å²) in [7, 11) is 0. The quantitative estimate of drug-likeness (QED) is 0.921. The molecule has 1 saturated heterocycles. The van der Waals surface area contributed by atoms with Crippen LogP contribution in [-0.2, 0) is 4.74 Å². The molecule has 3 rings (SSSR count). The van der Waals surface area contributed by atoms with Gasteiger partial charge in [0.15, 0.2) is 0 Å². The molecule has 0 aliphatic carbocycles. The lowest BCUT2D eigenvalue weighted by Gasteiger charge is -2.38. The van der Waals surface area contributed by atoms with Crippen LogP contribution < -0.4 is 5.32 Å². The minimum atomic E-state index is 0.252. The molecule has 0 unspecified atom stereocenters. The molecular weight excluding hydrogens is 248 g/mol. The number of pyridine rings is 1. The predicted octanol–water partition coefficient (Wildman–Crippen LogP) is 3.34. The van der Waals surface area contributed by atoms with Crippen molar-refractivity contribution in [1.29, 1.82) is 0 Å². The molecule has 0 amide bonds. The molecule has 0 spiro atoms. The standard InChI is InChI=1S/C14H15ClN2O/c1-14(8-18-9-14)7-17-12-4-5-16-13-6-10(15)2-3-11(12)13/h2-6H,7-9H2,1H3,(H,16,17). The first-order valence-corrected chi connectivity index (χ1v) is 6.40. The summed E-state index contributed by atoms with van der Waals surface area (Å²) in [5, 5.41) is 5.30. The number of ether oxygens (including phenoxy) is 1. The van der Waals surface area contributed by atoms with Crippen LogP contribution in [0.25, 0.3) is 10.9 Å². The first kappa shape index (κ1) is 11.8. The molecule has 18 heavy (non-hydrogen) atoms. The number of anilines is 1. The van der Waals surface area contributed by atoms with Gasteiger partial charge in [0.2, 0.25) is 0 Å². The van der Waals surface area contributed by atoms with Gasteiger partial charge in [-0.2, -0.15) is 0 Å². The summed E-state index contributed by atoms with van der Waals surface area (Å²) in [6.45, 7) is 4.79. The number of fused-ring (bicyclic) bond motifs is 1. The molecule has 2 heterocycles. The normalized spacial score (nSPS) is 17.4. The maximum atomic E-state index is 5.98. The second-order valence-corrected chi connectivity index (χ2v) is 5.61. The van der Waals surface area contributed by atoms with Gasteiger partial charge in [0, 0.05) is 34.3 Å². The Morgan fingerprint density at radius 1 is 1.39 bits per heavy atom. The van der Waals surface area contributed by atoms with Gasteiger partial charge in [-0.1, -0.05) is 18.5 Å². The highest BCUT2D eigenvalue weighted by Gasteiger charge is 2.33. The van der Waals surface area contributed by atoms with E-state index in [1.54, 1.807) is 6.20 Å². The van der Waals surface area contributed by atoms with Crippen LogP contribution in [0.4, 0.5) is 5.69 Å². The van der Waals surface area contributed by atoms with Crippen LogP contribution in [0.2, 0.25) is 5.02 Å². The maximum Gasteiger partial charge on any atom is 0.0737 e. The molecule has 3 nitrogen and oxygen atoms in total. The monoisotopic (exact) mass is 262 g/mol. The van der Waals surface area contributed by atoms with Crippen molar-refractivity contribution < 1.29 is 4.74 Å². The van der Waals surface area contributed by atoms with E-state index in [-0.39, 0.29) is 5.41 Å². The fourth-order valence-electron chi connectivity index (χ4n) is 2.14. The van der Waals surface area contributed by atoms with Crippen molar-refractivity contribution >= 4 is 28.2 Å². The Labute approximate surface area is 111 Å². The van der Waals surface area contributed by atoms with Gasteiger partial charge < -0.3 is 10.1 Å². The minimum absolute atomic E-state index is 0.252. The van der Waals surface area contributed by atoms with Gasteiger partial charge in [0.25, 0.3) is 0 Å². The Kier molecular flexibility index (Phi) is 2.88. The Morgan fingerprint density at radius 2 is 2.22 bits per heavy atom. The zero-order chi connectivity index (χ0) is 12.6. The topological polar surface area (TPSA) is 34.2 Å². The highest BCUT2D eigenvalue weighted by molar-refractivity contribution is 6.31. The number of hydrogen-bond donors (Lipinski definition) is 1. The third-order valence-electron chi connectivity index (χ3n) is 3.31. The van der Waals surface area contributed by atoms with E-state index in [9.17, 15) is 0 Å². The number of aromatic nitrogens is 1. The Hall–Kier alpha value is -1.32. The number of nitrogens with one attached hydrogen (secondary N) is 1. The molecule has 0 saturated carbocycles. The zero-order valence-electron chi connectivity index (χ0n) is 10.2. The number of nitrogens with zero attached hydrogens (tertiary/aromatic N) is 1. The third-order valence-corrected chi connectivity index (χ3v) is 3.55. The fourth-order valence-corrected chi connectivity index (χ4v) is 2.30. The lowest BCUT2D eigenvalue weighted by molar-refractivity contribution is -0.0924. The highest BCUT2D eigenvalue weighted by Crippen LogP contribution is 2.29. The van der Waals surface area contributed by atoms with Crippen LogP contribution in [0.15, 0.2) is 30.5 Å². The van der Waals surface area contributed by atoms with E-state index in [1.807, 2.05) is 24.3 Å². The molecule has 1 aromatic carbocycles. The lowest BCUT2D eigenvalue weighted by Crippen LogP contribution is -2.45. The average Bonchev–Trinajstić information content (AvgIpc) is 2.33. The van der Waals surface area contributed by atoms with Crippen LogP contribution >= 0.6 is 11.6 Å². The molecule has 0 bridgehead atoms. The summed E-state index contributed by atoms with van der Waals surface area (Å²) in [6, 6.07) is 7.78. The van der Waals surface area contributed by atoms with Crippen molar-refractivity contribution in [2.45, 2.75) is 6.92 Å². The van der Waals surface area contributed by atoms with Crippen LogP contribution in [-0.4, -0.2) is 24.7 Å². The van der Waals surface area contributed by atoms with Gasteiger partial charge in [-0.25, -0.2) is 0 Å². The van der Waals surface area contributed by atoms with Crippen molar-refractivity contribution in [3.8, 4) is 0 Å². The molecule has 1 aromatic heterocycles. The molecular formula is C14H15ClN2O. The van der Waals surface area contributed by atoms with E-state index in [4.69, 9.17) is 16.3 Å². The van der Waals surface area contributed by atoms with Crippen molar-refractivity contribution in [2.75, 3.05) is 25.1 Å². The van der Waals surface area contributed by atoms with Crippen molar-refractivity contribution in [3.63, 3.8) is 0 Å². The third kappa shape index (κ3) is 2.16. The number of hydrogen-bond acceptors (Lipinski definition) is 3. The van der Waals surface area contributed by atoms with Gasteiger partial charge in [0.1, 0.15) is 0 Å². The van der Waals surface area contributed by atoms with Gasteiger partial charge in [0.05, 0.1) is 18.7 Å². The van der Waals surface area contributed by atoms with Gasteiger partial charge in [-0.3, -0.25) is 4.98 Å². The van der Waals surface area contributed by atoms with Crippen molar-refractivity contribution in [3.05, 3.63) is 35.5 Å². The van der Waals surface area contributed by atoms with E-state index in [2.05, 4.69) is 17.2 Å². The summed E-state index contributed by atoms with van der Waals surface area (Å²) in [5.41, 5.74) is 2.27. The van der Waals surface area contributed by atoms with Crippen LogP contribution in [0.5, 0.6) is 0 Å². The van der Waals surface area contributed by atoms with E-state index in [1.165, 1.54) is 0 Å². The van der Waals surface area contributed by atoms with E-state index < -0.39 is 0 Å². The molecule has 4 heteroatoms. The van der Waals surface area contributed by atoms with Crippen molar-refractivity contribution in [1.82, 2.24) is 4.98 Å². The first-order chi connectivity index (χ1) is 8.66. The van der Waals surface area contributed by atoms with E-state index in [0.717, 1.165) is 36.3 Å². The SMILES string of the molecule is CC1(CNc2ccnc3cc(Cl)ccc23)COC1. The molecule has 0 radical (unpaired) electrons. The molecule has 0 atom stereocenters. The summed E-state index contributed by atoms with van der Waals surface area (Å²) in [4.78, 5) is 4.33. The van der Waals surface area contributed by atoms with Crippen LogP contribution in [0.1, 0.15) is 6.92 Å². The largest absolute Gasteiger partial charge is 0.384 e. The number of halogens is 1. The average molecular weight is 263 g/mol. The number of benzene rings is 1. The molecule has 1 fully saturated rings. The molecule has 1 aliphatic rings. The maximum absolute atomic E-state index is 5.98. The lowest BCUT2D eigenvalue weighted by atomic mass is 9.88. The van der Waals surface area contributed by atoms with Crippen LogP contribution in [0, 0.1) is 5.41 Å². The molecule has 1 N–H and O–H groups in total. The summed E-state index contributed by atoms with van der Waals surface area (Å²) >= 11 is 5.98. The van der Waals surface area contributed by atoms with E-state index in [0.29, 0.717) is 5.02 Å². The summed E-state index contributed by atoms with van der Waals surface area (Å²) in [6.07, 6.45) is 1.81. The smallest absolute Gasteiger partial charge is 0.0737 e. The van der Waals surface area contributed by atoms with Gasteiger partial charge >= 0.3 is 0 Å². The molecule has 2 aromatic rings. The van der Waals surface area contributed by atoms with Crippen molar-refractivity contribution in [2.24, 2.45) is 5.41 Å². The van der Waals surface area contributed by atoms with E-state index >= 15 is 0 Å². The zero-order valence-corrected chi connectivity index (χ0v) is 11.0. The predicted molar refractivity (Wildman–Crippen MR) is 74.2 cm³/mol. The summed E-state index contributed by atoms with van der Waals surface area (Å²) < 4.78 is 5.26. The molecule has 94 valence electrons. The minimum Gasteiger partial charge on any atom is -0.384 e. The molecule has 1 aliphatic heterocycles. The van der Waals surface area contributed by atoms with Gasteiger partial charge in [-0.05, 0) is 24.3 Å². The number of rotatable bonds is 3. The fraction of sp³-hybridized carbons (Fsp3) is 0.357. The first-order valence-electron chi connectivity index (χ1n) is 6.02. The second kappa shape index (κ2) is 4.41. The second-order valence-electron chi connectivity index (χ2n) is 5.18. The van der Waals surface area contributed by atoms with Gasteiger partial charge in [-0.15, -0.1) is 0 Å². The Bertz CT molecular complexity index is 581. The Balaban J connectivity index is 1.87. The summed E-state index contributed by atoms with van der Waals surface area (Å²) in [5.74, 6) is 0. The Morgan fingerprint density at radius 3 is 2.94 bits per heavy atom.